The van der Waals surface area contributed by atoms with E-state index in [1.165, 1.54) is 33.0 Å². The van der Waals surface area contributed by atoms with Crippen molar-refractivity contribution in [1.29, 1.82) is 0 Å². The van der Waals surface area contributed by atoms with Crippen LogP contribution in [0.4, 0.5) is 0 Å². The molecule has 0 spiro atoms. The summed E-state index contributed by atoms with van der Waals surface area (Å²) in [6.07, 6.45) is 1.61. The predicted molar refractivity (Wildman–Crippen MR) is 143 cm³/mol. The fraction of sp³-hybridized carbons (Fsp3) is 0.387. The molecule has 0 aliphatic carbocycles. The molecule has 0 fully saturated rings. The zero-order valence-corrected chi connectivity index (χ0v) is 22.1. The Hall–Kier alpha value is -3.45. The normalized spacial score (nSPS) is 13.0. The first kappa shape index (κ1) is 23.3. The van der Waals surface area contributed by atoms with Crippen LogP contribution in [0.25, 0.3) is 37.9 Å². The summed E-state index contributed by atoms with van der Waals surface area (Å²) >= 11 is 0. The number of para-hydroxylation sites is 1. The maximum absolute atomic E-state index is 7.60. The highest BCUT2D eigenvalue weighted by atomic mass is 16.5. The molecule has 0 radical (unpaired) electrons. The van der Waals surface area contributed by atoms with E-state index in [0.717, 1.165) is 34.5 Å². The number of benzene rings is 3. The Labute approximate surface area is 208 Å². The number of aryl methyl sites for hydroxylation is 2. The van der Waals surface area contributed by atoms with Crippen LogP contribution in [-0.2, 0) is 19.9 Å². The molecule has 4 aromatic rings. The van der Waals surface area contributed by atoms with Crippen LogP contribution < -0.4 is 9.30 Å². The van der Waals surface area contributed by atoms with Crippen molar-refractivity contribution in [3.63, 3.8) is 0 Å². The maximum atomic E-state index is 7.60. The quantitative estimate of drug-likeness (QED) is 0.205. The van der Waals surface area contributed by atoms with Crippen molar-refractivity contribution >= 4 is 21.8 Å². The van der Waals surface area contributed by atoms with Crippen molar-refractivity contribution in [2.24, 2.45) is 12.5 Å². The molecule has 3 aromatic carbocycles. The second-order valence-corrected chi connectivity index (χ2v) is 11.9. The number of ether oxygens (including phenoxy) is 1. The van der Waals surface area contributed by atoms with Gasteiger partial charge in [0.2, 0.25) is 11.1 Å². The summed E-state index contributed by atoms with van der Waals surface area (Å²) in [5, 5.41) is 2.39. The molecule has 4 nitrogen and oxygen atoms in total. The van der Waals surface area contributed by atoms with Crippen LogP contribution in [0.15, 0.2) is 36.4 Å². The molecule has 0 unspecified atom stereocenters. The van der Waals surface area contributed by atoms with Gasteiger partial charge in [-0.25, -0.2) is 11.6 Å². The number of nitrogens with zero attached hydrogens (tertiary/aromatic N) is 3. The average molecular weight is 465 g/mol. The van der Waals surface area contributed by atoms with Crippen LogP contribution in [0.2, 0.25) is 0 Å². The standard InChI is InChI=1S/C31H34N3O/c1-18-13-22-14-20(16-30(3,4)5)15-24-26(22)25(19(18)2)28-29(35-24)33-27-21(17-31(6,7)32-8)11-10-12-23(27)34(28)9/h10-15H,16-17H2,1-7,9H3/q+1. The fourth-order valence-corrected chi connectivity index (χ4v) is 5.39. The van der Waals surface area contributed by atoms with Gasteiger partial charge in [-0.3, -0.25) is 0 Å². The first-order chi connectivity index (χ1) is 16.4. The third kappa shape index (κ3) is 3.93. The predicted octanol–water partition coefficient (Wildman–Crippen LogP) is 7.43. The van der Waals surface area contributed by atoms with Gasteiger partial charge >= 0.3 is 0 Å². The number of hydrogen-bond acceptors (Lipinski definition) is 2. The molecule has 5 rings (SSSR count). The molecule has 35 heavy (non-hydrogen) atoms. The first-order valence-electron chi connectivity index (χ1n) is 12.3. The number of rotatable bonds is 3. The molecule has 1 aliphatic rings. The third-order valence-electron chi connectivity index (χ3n) is 7.10. The van der Waals surface area contributed by atoms with Crippen LogP contribution in [0.3, 0.4) is 0 Å². The summed E-state index contributed by atoms with van der Waals surface area (Å²) in [6.45, 7) is 22.8. The molecule has 2 heterocycles. The van der Waals surface area contributed by atoms with Gasteiger partial charge in [0.05, 0.1) is 12.0 Å². The smallest absolute Gasteiger partial charge is 0.294 e. The van der Waals surface area contributed by atoms with Crippen LogP contribution >= 0.6 is 0 Å². The fourth-order valence-electron chi connectivity index (χ4n) is 5.39. The van der Waals surface area contributed by atoms with Gasteiger partial charge in [-0.2, -0.15) is 4.57 Å². The van der Waals surface area contributed by atoms with Crippen molar-refractivity contribution < 1.29 is 9.30 Å². The lowest BCUT2D eigenvalue weighted by molar-refractivity contribution is -0.634. The van der Waals surface area contributed by atoms with Crippen LogP contribution in [0, 0.1) is 25.8 Å². The average Bonchev–Trinajstić information content (AvgIpc) is 2.76. The Morgan fingerprint density at radius 2 is 1.77 bits per heavy atom. The van der Waals surface area contributed by atoms with Gasteiger partial charge in [-0.1, -0.05) is 45.0 Å². The van der Waals surface area contributed by atoms with Gasteiger partial charge in [0, 0.05) is 25.3 Å². The zero-order valence-electron chi connectivity index (χ0n) is 22.1. The molecule has 0 saturated heterocycles. The summed E-state index contributed by atoms with van der Waals surface area (Å²) in [7, 11) is 2.10. The molecular weight excluding hydrogens is 430 g/mol. The Kier molecular flexibility index (Phi) is 5.18. The molecule has 178 valence electrons. The van der Waals surface area contributed by atoms with Gasteiger partial charge < -0.3 is 9.58 Å². The van der Waals surface area contributed by atoms with Crippen LogP contribution in [0.5, 0.6) is 11.6 Å². The van der Waals surface area contributed by atoms with E-state index in [0.29, 0.717) is 12.3 Å². The van der Waals surface area contributed by atoms with E-state index in [9.17, 15) is 0 Å². The molecule has 0 saturated carbocycles. The minimum atomic E-state index is -0.487. The Balaban J connectivity index is 1.82. The monoisotopic (exact) mass is 464 g/mol. The largest absolute Gasteiger partial charge is 0.433 e. The van der Waals surface area contributed by atoms with Gasteiger partial charge in [0.1, 0.15) is 18.3 Å². The Bertz CT molecular complexity index is 1570. The minimum Gasteiger partial charge on any atom is -0.433 e. The lowest BCUT2D eigenvalue weighted by Crippen LogP contribution is -2.35. The van der Waals surface area contributed by atoms with Gasteiger partial charge in [0.25, 0.3) is 11.6 Å². The molecule has 1 aromatic heterocycles. The van der Waals surface area contributed by atoms with E-state index < -0.39 is 5.54 Å². The van der Waals surface area contributed by atoms with E-state index >= 15 is 0 Å². The summed E-state index contributed by atoms with van der Waals surface area (Å²) in [5.74, 6) is 1.53. The molecule has 1 aliphatic heterocycles. The SMILES string of the molecule is [C-]#[N+]C(C)(C)Cc1cccc2c1nc1c([n+]2C)-c2c(C)c(C)cc3cc(CC(C)(C)C)cc(c23)O1. The zero-order chi connectivity index (χ0) is 25.3. The molecular formula is C31H34N3O+. The second kappa shape index (κ2) is 7.78. The van der Waals surface area contributed by atoms with Crippen molar-refractivity contribution in [2.75, 3.05) is 0 Å². The maximum Gasteiger partial charge on any atom is 0.294 e. The molecule has 0 amide bonds. The topological polar surface area (TPSA) is 30.4 Å². The first-order valence-corrected chi connectivity index (χ1v) is 12.3. The van der Waals surface area contributed by atoms with Gasteiger partial charge in [0.15, 0.2) is 0 Å². The highest BCUT2D eigenvalue weighted by molar-refractivity contribution is 6.05. The second-order valence-electron chi connectivity index (χ2n) is 11.9. The summed E-state index contributed by atoms with van der Waals surface area (Å²) in [6, 6.07) is 13.1. The molecule has 0 bridgehead atoms. The van der Waals surface area contributed by atoms with E-state index in [4.69, 9.17) is 16.3 Å². The summed E-state index contributed by atoms with van der Waals surface area (Å²) in [4.78, 5) is 8.94. The Morgan fingerprint density at radius 1 is 1.03 bits per heavy atom. The van der Waals surface area contributed by atoms with E-state index in [1.807, 2.05) is 13.8 Å². The van der Waals surface area contributed by atoms with Crippen molar-refractivity contribution in [2.45, 2.75) is 66.8 Å². The Morgan fingerprint density at radius 3 is 2.46 bits per heavy atom. The van der Waals surface area contributed by atoms with E-state index in [2.05, 4.69) is 87.5 Å². The van der Waals surface area contributed by atoms with Crippen molar-refractivity contribution in [1.82, 2.24) is 4.98 Å². The van der Waals surface area contributed by atoms with Crippen LogP contribution in [0.1, 0.15) is 56.9 Å². The van der Waals surface area contributed by atoms with Gasteiger partial charge in [-0.05, 0) is 59.4 Å². The van der Waals surface area contributed by atoms with E-state index in [1.54, 1.807) is 0 Å². The number of fused-ring (bicyclic) bond motifs is 3. The summed E-state index contributed by atoms with van der Waals surface area (Å²) < 4.78 is 8.83. The lowest BCUT2D eigenvalue weighted by atomic mass is 9.85. The summed E-state index contributed by atoms with van der Waals surface area (Å²) in [5.41, 5.74) is 8.75. The molecule has 4 heteroatoms. The molecule has 0 atom stereocenters. The highest BCUT2D eigenvalue weighted by Gasteiger charge is 2.34. The van der Waals surface area contributed by atoms with Gasteiger partial charge in [-0.15, -0.1) is 0 Å². The van der Waals surface area contributed by atoms with E-state index in [-0.39, 0.29) is 5.41 Å². The van der Waals surface area contributed by atoms with Crippen molar-refractivity contribution in [3.05, 3.63) is 70.1 Å². The third-order valence-corrected chi connectivity index (χ3v) is 7.10. The molecule has 0 N–H and O–H groups in total. The minimum absolute atomic E-state index is 0.182. The van der Waals surface area contributed by atoms with Crippen LogP contribution in [-0.4, -0.2) is 10.5 Å². The lowest BCUT2D eigenvalue weighted by Gasteiger charge is -2.24. The number of hydrogen-bond donors (Lipinski definition) is 0. The highest BCUT2D eigenvalue weighted by Crippen LogP contribution is 2.48. The number of aromatic nitrogens is 2. The van der Waals surface area contributed by atoms with Crippen molar-refractivity contribution in [3.8, 4) is 22.9 Å².